The van der Waals surface area contributed by atoms with E-state index in [2.05, 4.69) is 15.5 Å². The van der Waals surface area contributed by atoms with Gasteiger partial charge in [0.25, 0.3) is 0 Å². The van der Waals surface area contributed by atoms with Gasteiger partial charge in [-0.3, -0.25) is 5.32 Å². The van der Waals surface area contributed by atoms with Gasteiger partial charge in [-0.2, -0.15) is 0 Å². The van der Waals surface area contributed by atoms with Gasteiger partial charge in [-0.25, -0.2) is 9.59 Å². The zero-order valence-electron chi connectivity index (χ0n) is 11.1. The molecule has 0 spiro atoms. The fourth-order valence-electron chi connectivity index (χ4n) is 3.34. The summed E-state index contributed by atoms with van der Waals surface area (Å²) >= 11 is 1.28. The summed E-state index contributed by atoms with van der Waals surface area (Å²) in [7, 11) is 0. The zero-order valence-corrected chi connectivity index (χ0v) is 11.9. The van der Waals surface area contributed by atoms with Gasteiger partial charge < -0.3 is 10.0 Å². The van der Waals surface area contributed by atoms with Crippen LogP contribution in [0.25, 0.3) is 0 Å². The fourth-order valence-corrected chi connectivity index (χ4v) is 3.92. The van der Waals surface area contributed by atoms with Crippen molar-refractivity contribution >= 4 is 28.5 Å². The van der Waals surface area contributed by atoms with Gasteiger partial charge in [0.05, 0.1) is 0 Å². The number of anilines is 1. The molecule has 1 aliphatic heterocycles. The molecule has 0 bridgehead atoms. The van der Waals surface area contributed by atoms with Crippen LogP contribution in [0.2, 0.25) is 0 Å². The van der Waals surface area contributed by atoms with Crippen LogP contribution in [0.15, 0.2) is 0 Å². The van der Waals surface area contributed by atoms with Crippen molar-refractivity contribution in [3.05, 3.63) is 5.01 Å². The molecule has 1 saturated carbocycles. The lowest BCUT2D eigenvalue weighted by molar-refractivity contribution is -0.142. The van der Waals surface area contributed by atoms with Gasteiger partial charge in [0.2, 0.25) is 5.13 Å². The minimum Gasteiger partial charge on any atom is -0.480 e. The van der Waals surface area contributed by atoms with Crippen LogP contribution in [0, 0.1) is 18.8 Å². The second kappa shape index (κ2) is 5.01. The van der Waals surface area contributed by atoms with Gasteiger partial charge in [-0.1, -0.05) is 17.8 Å². The molecule has 0 aromatic carbocycles. The highest BCUT2D eigenvalue weighted by Gasteiger charge is 2.49. The van der Waals surface area contributed by atoms with Crippen LogP contribution >= 0.6 is 11.3 Å². The quantitative estimate of drug-likeness (QED) is 0.863. The number of fused-ring (bicyclic) bond motifs is 1. The number of likely N-dealkylation sites (tertiary alicyclic amines) is 1. The third-order valence-corrected chi connectivity index (χ3v) is 4.90. The Labute approximate surface area is 120 Å². The largest absolute Gasteiger partial charge is 0.480 e. The topological polar surface area (TPSA) is 95.4 Å². The molecule has 0 radical (unpaired) electrons. The van der Waals surface area contributed by atoms with Crippen molar-refractivity contribution in [3.63, 3.8) is 0 Å². The summed E-state index contributed by atoms with van der Waals surface area (Å²) in [4.78, 5) is 25.2. The van der Waals surface area contributed by atoms with Crippen molar-refractivity contribution in [2.45, 2.75) is 32.2 Å². The van der Waals surface area contributed by atoms with E-state index in [1.807, 2.05) is 0 Å². The van der Waals surface area contributed by atoms with Gasteiger partial charge in [0.1, 0.15) is 11.0 Å². The molecule has 7 nitrogen and oxygen atoms in total. The lowest BCUT2D eigenvalue weighted by atomic mass is 9.94. The molecule has 2 aliphatic rings. The van der Waals surface area contributed by atoms with Gasteiger partial charge in [-0.05, 0) is 31.6 Å². The Morgan fingerprint density at radius 3 is 2.85 bits per heavy atom. The molecule has 2 amide bonds. The molecule has 1 aromatic rings. The SMILES string of the molecule is Cc1nnc(NC(=O)N2CC3CCCC3C2C(=O)O)s1. The summed E-state index contributed by atoms with van der Waals surface area (Å²) in [5.41, 5.74) is 0. The predicted octanol–water partition coefficient (Wildman–Crippen LogP) is 1.56. The van der Waals surface area contributed by atoms with E-state index in [9.17, 15) is 14.7 Å². The van der Waals surface area contributed by atoms with Gasteiger partial charge in [0, 0.05) is 6.54 Å². The molecule has 8 heteroatoms. The Morgan fingerprint density at radius 1 is 1.40 bits per heavy atom. The smallest absolute Gasteiger partial charge is 0.326 e. The molecule has 1 aliphatic carbocycles. The molecule has 20 heavy (non-hydrogen) atoms. The molecule has 3 atom stereocenters. The highest BCUT2D eigenvalue weighted by molar-refractivity contribution is 7.15. The van der Waals surface area contributed by atoms with Crippen molar-refractivity contribution in [2.24, 2.45) is 11.8 Å². The Balaban J connectivity index is 1.75. The number of nitrogens with zero attached hydrogens (tertiary/aromatic N) is 3. The van der Waals surface area contributed by atoms with Crippen LogP contribution in [0.3, 0.4) is 0 Å². The average molecular weight is 296 g/mol. The first kappa shape index (κ1) is 13.3. The van der Waals surface area contributed by atoms with Crippen LogP contribution < -0.4 is 5.32 Å². The number of carbonyl (C=O) groups is 2. The maximum absolute atomic E-state index is 12.3. The van der Waals surface area contributed by atoms with Gasteiger partial charge in [0.15, 0.2) is 0 Å². The number of aryl methyl sites for hydroxylation is 1. The third kappa shape index (κ3) is 2.24. The van der Waals surface area contributed by atoms with Crippen LogP contribution in [0.4, 0.5) is 9.93 Å². The van der Waals surface area contributed by atoms with Crippen molar-refractivity contribution in [2.75, 3.05) is 11.9 Å². The molecule has 1 saturated heterocycles. The first-order valence-electron chi connectivity index (χ1n) is 6.67. The number of carboxylic acids is 1. The lowest BCUT2D eigenvalue weighted by Crippen LogP contribution is -2.45. The number of rotatable bonds is 2. The van der Waals surface area contributed by atoms with Gasteiger partial charge >= 0.3 is 12.0 Å². The van der Waals surface area contributed by atoms with E-state index in [4.69, 9.17) is 0 Å². The molecule has 3 unspecified atom stereocenters. The number of hydrogen-bond donors (Lipinski definition) is 2. The van der Waals surface area contributed by atoms with E-state index >= 15 is 0 Å². The Morgan fingerprint density at radius 2 is 2.20 bits per heavy atom. The van der Waals surface area contributed by atoms with Crippen molar-refractivity contribution in [1.29, 1.82) is 0 Å². The summed E-state index contributed by atoms with van der Waals surface area (Å²) in [5.74, 6) is -0.504. The second-order valence-corrected chi connectivity index (χ2v) is 6.53. The summed E-state index contributed by atoms with van der Waals surface area (Å²) in [5, 5.41) is 20.9. The zero-order chi connectivity index (χ0) is 14.3. The van der Waals surface area contributed by atoms with E-state index in [0.717, 1.165) is 24.3 Å². The summed E-state index contributed by atoms with van der Waals surface area (Å²) in [6, 6.07) is -1.10. The van der Waals surface area contributed by atoms with Crippen molar-refractivity contribution < 1.29 is 14.7 Å². The van der Waals surface area contributed by atoms with E-state index in [0.29, 0.717) is 17.6 Å². The normalized spacial score (nSPS) is 28.4. The maximum Gasteiger partial charge on any atom is 0.326 e. The fraction of sp³-hybridized carbons (Fsp3) is 0.667. The Hall–Kier alpha value is -1.70. The van der Waals surface area contributed by atoms with Crippen LogP contribution in [0.5, 0.6) is 0 Å². The Kier molecular flexibility index (Phi) is 3.33. The van der Waals surface area contributed by atoms with Crippen LogP contribution in [0.1, 0.15) is 24.3 Å². The molecule has 108 valence electrons. The van der Waals surface area contributed by atoms with E-state index in [1.165, 1.54) is 16.2 Å². The molecule has 2 heterocycles. The highest BCUT2D eigenvalue weighted by atomic mass is 32.1. The number of amides is 2. The first-order valence-corrected chi connectivity index (χ1v) is 7.48. The summed E-state index contributed by atoms with van der Waals surface area (Å²) in [6.45, 7) is 2.32. The maximum atomic E-state index is 12.3. The number of aliphatic carboxylic acids is 1. The summed E-state index contributed by atoms with van der Waals surface area (Å²) in [6.07, 6.45) is 2.96. The molecule has 1 aromatic heterocycles. The van der Waals surface area contributed by atoms with Crippen LogP contribution in [-0.4, -0.2) is 44.8 Å². The number of carbonyl (C=O) groups excluding carboxylic acids is 1. The predicted molar refractivity (Wildman–Crippen MR) is 72.6 cm³/mol. The summed E-state index contributed by atoms with van der Waals surface area (Å²) < 4.78 is 0. The minimum absolute atomic E-state index is 0.0920. The molecular formula is C12H16N4O3S. The highest BCUT2D eigenvalue weighted by Crippen LogP contribution is 2.42. The number of hydrogen-bond acceptors (Lipinski definition) is 5. The first-order chi connectivity index (χ1) is 9.56. The molecular weight excluding hydrogens is 280 g/mol. The monoisotopic (exact) mass is 296 g/mol. The third-order valence-electron chi connectivity index (χ3n) is 4.14. The van der Waals surface area contributed by atoms with E-state index < -0.39 is 12.0 Å². The number of aromatic nitrogens is 2. The van der Waals surface area contributed by atoms with Gasteiger partial charge in [-0.15, -0.1) is 10.2 Å². The minimum atomic E-state index is -0.914. The van der Waals surface area contributed by atoms with Crippen LogP contribution in [-0.2, 0) is 4.79 Å². The molecule has 2 N–H and O–H groups in total. The number of urea groups is 1. The lowest BCUT2D eigenvalue weighted by Gasteiger charge is -2.23. The number of nitrogens with one attached hydrogen (secondary N) is 1. The number of carboxylic acid groups (broad SMARTS) is 1. The van der Waals surface area contributed by atoms with Crippen molar-refractivity contribution in [1.82, 2.24) is 15.1 Å². The average Bonchev–Trinajstić information content (AvgIpc) is 3.02. The Bertz CT molecular complexity index is 547. The second-order valence-electron chi connectivity index (χ2n) is 5.35. The molecule has 2 fully saturated rings. The standard InChI is InChI=1S/C12H16N4O3S/c1-6-14-15-11(20-6)13-12(19)16-5-7-3-2-4-8(7)9(16)10(17)18/h7-9H,2-5H2,1H3,(H,17,18)(H,13,15,19). The van der Waals surface area contributed by atoms with E-state index in [-0.39, 0.29) is 11.9 Å². The van der Waals surface area contributed by atoms with Crippen molar-refractivity contribution in [3.8, 4) is 0 Å². The molecule has 3 rings (SSSR count). The van der Waals surface area contributed by atoms with E-state index in [1.54, 1.807) is 6.92 Å².